The summed E-state index contributed by atoms with van der Waals surface area (Å²) in [7, 11) is 0. The molecule has 3 nitrogen and oxygen atoms in total. The standard InChI is InChI=1S/C16H21NO2/c1-5-16(3,4)15(19)17-14-9-8-13(7-6-10-18)11-12(14)2/h8-9,11,18H,5,10H2,1-4H3,(H,17,19). The highest BCUT2D eigenvalue weighted by molar-refractivity contribution is 5.95. The van der Waals surface area contributed by atoms with Crippen LogP contribution in [0.3, 0.4) is 0 Å². The number of rotatable bonds is 3. The van der Waals surface area contributed by atoms with Crippen molar-refractivity contribution in [3.05, 3.63) is 29.3 Å². The Morgan fingerprint density at radius 2 is 2.11 bits per heavy atom. The van der Waals surface area contributed by atoms with Gasteiger partial charge in [-0.05, 0) is 37.1 Å². The van der Waals surface area contributed by atoms with Crippen molar-refractivity contribution in [2.45, 2.75) is 34.1 Å². The van der Waals surface area contributed by atoms with Crippen LogP contribution in [0, 0.1) is 24.2 Å². The molecule has 0 spiro atoms. The number of amides is 1. The van der Waals surface area contributed by atoms with Crippen LogP contribution in [0.5, 0.6) is 0 Å². The summed E-state index contributed by atoms with van der Waals surface area (Å²) in [4.78, 5) is 12.1. The molecule has 2 N–H and O–H groups in total. The predicted octanol–water partition coefficient (Wildman–Crippen LogP) is 2.71. The van der Waals surface area contributed by atoms with Crippen LogP contribution in [0.2, 0.25) is 0 Å². The fourth-order valence-electron chi connectivity index (χ4n) is 1.48. The van der Waals surface area contributed by atoms with Gasteiger partial charge in [-0.3, -0.25) is 4.79 Å². The van der Waals surface area contributed by atoms with Gasteiger partial charge in [0.25, 0.3) is 0 Å². The molecule has 1 rings (SSSR count). The number of carbonyl (C=O) groups is 1. The predicted molar refractivity (Wildman–Crippen MR) is 77.8 cm³/mol. The van der Waals surface area contributed by atoms with Crippen LogP contribution in [0.25, 0.3) is 0 Å². The van der Waals surface area contributed by atoms with Gasteiger partial charge in [-0.1, -0.05) is 32.6 Å². The maximum Gasteiger partial charge on any atom is 0.230 e. The molecule has 0 aliphatic heterocycles. The Labute approximate surface area is 115 Å². The van der Waals surface area contributed by atoms with Crippen molar-refractivity contribution in [1.29, 1.82) is 0 Å². The Balaban J connectivity index is 2.89. The van der Waals surface area contributed by atoms with Crippen LogP contribution in [0.1, 0.15) is 38.3 Å². The Morgan fingerprint density at radius 1 is 1.42 bits per heavy atom. The van der Waals surface area contributed by atoms with Crippen molar-refractivity contribution in [2.75, 3.05) is 11.9 Å². The second kappa shape index (κ2) is 6.40. The Hall–Kier alpha value is -1.79. The molecule has 1 amide bonds. The fraction of sp³-hybridized carbons (Fsp3) is 0.438. The van der Waals surface area contributed by atoms with E-state index in [4.69, 9.17) is 5.11 Å². The first-order valence-corrected chi connectivity index (χ1v) is 6.42. The third kappa shape index (κ3) is 4.11. The third-order valence-corrected chi connectivity index (χ3v) is 3.28. The maximum atomic E-state index is 12.1. The van der Waals surface area contributed by atoms with E-state index in [1.807, 2.05) is 45.9 Å². The normalized spacial score (nSPS) is 10.6. The van der Waals surface area contributed by atoms with Crippen molar-refractivity contribution in [3.63, 3.8) is 0 Å². The molecule has 0 aliphatic rings. The van der Waals surface area contributed by atoms with Gasteiger partial charge in [-0.25, -0.2) is 0 Å². The molecule has 0 atom stereocenters. The molecular formula is C16H21NO2. The summed E-state index contributed by atoms with van der Waals surface area (Å²) in [6, 6.07) is 5.59. The highest BCUT2D eigenvalue weighted by Crippen LogP contribution is 2.24. The van der Waals surface area contributed by atoms with E-state index in [9.17, 15) is 4.79 Å². The lowest BCUT2D eigenvalue weighted by Crippen LogP contribution is -2.30. The lowest BCUT2D eigenvalue weighted by Gasteiger charge is -2.22. The van der Waals surface area contributed by atoms with E-state index in [-0.39, 0.29) is 17.9 Å². The van der Waals surface area contributed by atoms with Crippen LogP contribution >= 0.6 is 0 Å². The largest absolute Gasteiger partial charge is 0.384 e. The van der Waals surface area contributed by atoms with Crippen LogP contribution < -0.4 is 5.32 Å². The van der Waals surface area contributed by atoms with Gasteiger partial charge in [-0.2, -0.15) is 0 Å². The number of hydrogen-bond acceptors (Lipinski definition) is 2. The van der Waals surface area contributed by atoms with Gasteiger partial charge in [0.15, 0.2) is 0 Å². The van der Waals surface area contributed by atoms with E-state index in [1.54, 1.807) is 0 Å². The summed E-state index contributed by atoms with van der Waals surface area (Å²) >= 11 is 0. The first-order chi connectivity index (χ1) is 8.90. The van der Waals surface area contributed by atoms with Gasteiger partial charge in [0.2, 0.25) is 5.91 Å². The SMILES string of the molecule is CCC(C)(C)C(=O)Nc1ccc(C#CCO)cc1C. The molecule has 0 unspecified atom stereocenters. The summed E-state index contributed by atoms with van der Waals surface area (Å²) in [5.74, 6) is 5.47. The van der Waals surface area contributed by atoms with Gasteiger partial charge in [0, 0.05) is 16.7 Å². The van der Waals surface area contributed by atoms with Gasteiger partial charge < -0.3 is 10.4 Å². The molecule has 0 radical (unpaired) electrons. The van der Waals surface area contributed by atoms with E-state index >= 15 is 0 Å². The molecule has 0 fully saturated rings. The number of aryl methyl sites for hydroxylation is 1. The highest BCUT2D eigenvalue weighted by atomic mass is 16.2. The van der Waals surface area contributed by atoms with Gasteiger partial charge in [0.05, 0.1) is 0 Å². The van der Waals surface area contributed by atoms with E-state index in [0.29, 0.717) is 0 Å². The van der Waals surface area contributed by atoms with Gasteiger partial charge >= 0.3 is 0 Å². The Kier molecular flexibility index (Phi) is 5.14. The monoisotopic (exact) mass is 259 g/mol. The van der Waals surface area contributed by atoms with Gasteiger partial charge in [-0.15, -0.1) is 0 Å². The average Bonchev–Trinajstić information content (AvgIpc) is 2.39. The lowest BCUT2D eigenvalue weighted by molar-refractivity contribution is -0.124. The van der Waals surface area contributed by atoms with Crippen molar-refractivity contribution in [2.24, 2.45) is 5.41 Å². The Bertz CT molecular complexity index is 521. The maximum absolute atomic E-state index is 12.1. The van der Waals surface area contributed by atoms with E-state index in [2.05, 4.69) is 17.2 Å². The lowest BCUT2D eigenvalue weighted by atomic mass is 9.89. The Morgan fingerprint density at radius 3 is 2.63 bits per heavy atom. The molecule has 1 aromatic rings. The highest BCUT2D eigenvalue weighted by Gasteiger charge is 2.25. The molecule has 3 heteroatoms. The zero-order valence-corrected chi connectivity index (χ0v) is 12.0. The number of nitrogens with one attached hydrogen (secondary N) is 1. The average molecular weight is 259 g/mol. The number of benzene rings is 1. The van der Waals surface area contributed by atoms with Crippen molar-refractivity contribution in [1.82, 2.24) is 0 Å². The van der Waals surface area contributed by atoms with Crippen LogP contribution in [-0.2, 0) is 4.79 Å². The summed E-state index contributed by atoms with van der Waals surface area (Å²) in [5.41, 5.74) is 2.23. The second-order valence-corrected chi connectivity index (χ2v) is 5.18. The molecule has 0 aromatic heterocycles. The minimum absolute atomic E-state index is 0.0206. The minimum atomic E-state index is -0.373. The summed E-state index contributed by atoms with van der Waals surface area (Å²) in [6.07, 6.45) is 0.790. The first kappa shape index (κ1) is 15.3. The van der Waals surface area contributed by atoms with Crippen LogP contribution in [0.15, 0.2) is 18.2 Å². The molecule has 0 saturated heterocycles. The van der Waals surface area contributed by atoms with E-state index in [0.717, 1.165) is 23.2 Å². The van der Waals surface area contributed by atoms with Crippen LogP contribution in [0.4, 0.5) is 5.69 Å². The summed E-state index contributed by atoms with van der Waals surface area (Å²) < 4.78 is 0. The van der Waals surface area contributed by atoms with E-state index in [1.165, 1.54) is 0 Å². The zero-order valence-electron chi connectivity index (χ0n) is 12.0. The van der Waals surface area contributed by atoms with Crippen molar-refractivity contribution >= 4 is 11.6 Å². The second-order valence-electron chi connectivity index (χ2n) is 5.18. The first-order valence-electron chi connectivity index (χ1n) is 6.42. The number of anilines is 1. The molecule has 0 heterocycles. The number of aliphatic hydroxyl groups excluding tert-OH is 1. The topological polar surface area (TPSA) is 49.3 Å². The van der Waals surface area contributed by atoms with Crippen molar-refractivity contribution in [3.8, 4) is 11.8 Å². The molecule has 0 saturated carbocycles. The molecule has 0 bridgehead atoms. The molecule has 102 valence electrons. The van der Waals surface area contributed by atoms with Gasteiger partial charge in [0.1, 0.15) is 6.61 Å². The fourth-order valence-corrected chi connectivity index (χ4v) is 1.48. The van der Waals surface area contributed by atoms with Crippen LogP contribution in [-0.4, -0.2) is 17.6 Å². The van der Waals surface area contributed by atoms with Crippen molar-refractivity contribution < 1.29 is 9.90 Å². The molecular weight excluding hydrogens is 238 g/mol. The molecule has 0 aliphatic carbocycles. The minimum Gasteiger partial charge on any atom is -0.384 e. The third-order valence-electron chi connectivity index (χ3n) is 3.28. The molecule has 19 heavy (non-hydrogen) atoms. The summed E-state index contributed by atoms with van der Waals surface area (Å²) in [5, 5.41) is 11.6. The summed E-state index contributed by atoms with van der Waals surface area (Å²) in [6.45, 7) is 7.64. The smallest absolute Gasteiger partial charge is 0.230 e. The number of carbonyl (C=O) groups excluding carboxylic acids is 1. The van der Waals surface area contributed by atoms with E-state index < -0.39 is 0 Å². The molecule has 1 aromatic carbocycles. The zero-order chi connectivity index (χ0) is 14.5. The number of hydrogen-bond donors (Lipinski definition) is 2. The quantitative estimate of drug-likeness (QED) is 0.820. The number of aliphatic hydroxyl groups is 1.